The van der Waals surface area contributed by atoms with Crippen molar-refractivity contribution in [1.29, 1.82) is 0 Å². The zero-order valence-corrected chi connectivity index (χ0v) is 21.1. The Hall–Kier alpha value is -4.46. The van der Waals surface area contributed by atoms with E-state index < -0.39 is 17.3 Å². The van der Waals surface area contributed by atoms with Gasteiger partial charge in [-0.2, -0.15) is 0 Å². The molecule has 7 nitrogen and oxygen atoms in total. The first-order valence-corrected chi connectivity index (χ1v) is 12.6. The molecule has 1 saturated heterocycles. The molecule has 0 atom stereocenters. The van der Waals surface area contributed by atoms with Crippen LogP contribution >= 0.6 is 0 Å². The van der Waals surface area contributed by atoms with Gasteiger partial charge in [0.05, 0.1) is 24.4 Å². The van der Waals surface area contributed by atoms with Crippen molar-refractivity contribution in [1.82, 2.24) is 9.47 Å². The first-order valence-electron chi connectivity index (χ1n) is 12.6. The van der Waals surface area contributed by atoms with E-state index in [0.29, 0.717) is 49.5 Å². The molecular weight excluding hydrogens is 485 g/mol. The number of pyridine rings is 1. The second kappa shape index (κ2) is 10.9. The summed E-state index contributed by atoms with van der Waals surface area (Å²) in [5, 5.41) is 0.768. The number of nitrogens with zero attached hydrogens (tertiary/aromatic N) is 3. The maximum Gasteiger partial charge on any atom is 0.345 e. The molecule has 0 N–H and O–H groups in total. The van der Waals surface area contributed by atoms with Crippen molar-refractivity contribution in [2.75, 3.05) is 37.7 Å². The Labute approximate surface area is 219 Å². The smallest absolute Gasteiger partial charge is 0.345 e. The van der Waals surface area contributed by atoms with Gasteiger partial charge in [-0.05, 0) is 42.8 Å². The van der Waals surface area contributed by atoms with E-state index in [1.165, 1.54) is 24.3 Å². The van der Waals surface area contributed by atoms with Crippen molar-refractivity contribution in [2.45, 2.75) is 13.5 Å². The van der Waals surface area contributed by atoms with Crippen molar-refractivity contribution >= 4 is 28.5 Å². The molecule has 0 bridgehead atoms. The second-order valence-electron chi connectivity index (χ2n) is 9.12. The quantitative estimate of drug-likeness (QED) is 0.359. The third-order valence-corrected chi connectivity index (χ3v) is 6.78. The van der Waals surface area contributed by atoms with Crippen LogP contribution in [0.15, 0.2) is 83.7 Å². The largest absolute Gasteiger partial charge is 0.462 e. The summed E-state index contributed by atoms with van der Waals surface area (Å²) in [6, 6.07) is 22.7. The number of halogens is 1. The average Bonchev–Trinajstić information content (AvgIpc) is 2.95. The summed E-state index contributed by atoms with van der Waals surface area (Å²) in [6.07, 6.45) is 0. The zero-order chi connectivity index (χ0) is 26.6. The molecule has 0 aliphatic carbocycles. The number of hydrogen-bond acceptors (Lipinski definition) is 5. The predicted molar refractivity (Wildman–Crippen MR) is 144 cm³/mol. The zero-order valence-electron chi connectivity index (χ0n) is 21.1. The van der Waals surface area contributed by atoms with Gasteiger partial charge in [0, 0.05) is 37.1 Å². The van der Waals surface area contributed by atoms with E-state index in [0.717, 1.165) is 10.9 Å². The van der Waals surface area contributed by atoms with Gasteiger partial charge in [-0.1, -0.05) is 48.5 Å². The molecule has 1 aliphatic rings. The van der Waals surface area contributed by atoms with Gasteiger partial charge in [0.2, 0.25) is 0 Å². The molecule has 5 rings (SSSR count). The number of fused-ring (bicyclic) bond motifs is 1. The molecule has 194 valence electrons. The number of esters is 1. The number of amides is 1. The van der Waals surface area contributed by atoms with E-state index in [-0.39, 0.29) is 18.1 Å². The fourth-order valence-corrected chi connectivity index (χ4v) is 4.94. The van der Waals surface area contributed by atoms with Crippen LogP contribution in [0.1, 0.15) is 33.2 Å². The first-order chi connectivity index (χ1) is 18.5. The molecule has 1 amide bonds. The van der Waals surface area contributed by atoms with Crippen LogP contribution in [0.4, 0.5) is 10.1 Å². The van der Waals surface area contributed by atoms with Crippen LogP contribution in [0.2, 0.25) is 0 Å². The van der Waals surface area contributed by atoms with Gasteiger partial charge in [0.15, 0.2) is 0 Å². The van der Waals surface area contributed by atoms with E-state index in [9.17, 15) is 18.8 Å². The summed E-state index contributed by atoms with van der Waals surface area (Å²) in [7, 11) is 0. The lowest BCUT2D eigenvalue weighted by Crippen LogP contribution is -2.49. The summed E-state index contributed by atoms with van der Waals surface area (Å²) in [6.45, 7) is 3.79. The van der Waals surface area contributed by atoms with Crippen molar-refractivity contribution in [3.05, 3.63) is 112 Å². The lowest BCUT2D eigenvalue weighted by molar-refractivity contribution is 0.0523. The van der Waals surface area contributed by atoms with Gasteiger partial charge in [0.1, 0.15) is 11.4 Å². The Morgan fingerprint density at radius 2 is 1.53 bits per heavy atom. The molecule has 38 heavy (non-hydrogen) atoms. The molecule has 0 saturated carbocycles. The SMILES string of the molecule is CCOC(=O)c1c(N2CCN(C(=O)c3ccc(F)cc3)CC2)c2ccccc2n(Cc2ccccc2)c1=O. The van der Waals surface area contributed by atoms with Crippen LogP contribution in [-0.4, -0.2) is 54.1 Å². The van der Waals surface area contributed by atoms with Crippen LogP contribution in [0.5, 0.6) is 0 Å². The van der Waals surface area contributed by atoms with Crippen LogP contribution in [-0.2, 0) is 11.3 Å². The summed E-state index contributed by atoms with van der Waals surface area (Å²) >= 11 is 0. The van der Waals surface area contributed by atoms with E-state index in [1.54, 1.807) is 16.4 Å². The van der Waals surface area contributed by atoms with E-state index in [2.05, 4.69) is 0 Å². The maximum atomic E-state index is 13.9. The summed E-state index contributed by atoms with van der Waals surface area (Å²) in [5.41, 5.74) is 2.19. The number of anilines is 1. The Balaban J connectivity index is 1.54. The topological polar surface area (TPSA) is 71.8 Å². The van der Waals surface area contributed by atoms with Crippen molar-refractivity contribution in [3.63, 3.8) is 0 Å². The standard InChI is InChI=1S/C30H28FN3O4/c1-2-38-30(37)26-27(32-16-18-33(19-17-32)28(35)22-12-14-23(31)15-13-22)24-10-6-7-11-25(24)34(29(26)36)20-21-8-4-3-5-9-21/h3-15H,2,16-20H2,1H3. The third-order valence-electron chi connectivity index (χ3n) is 6.78. The minimum atomic E-state index is -0.662. The molecule has 0 unspecified atom stereocenters. The number of ether oxygens (including phenoxy) is 1. The fourth-order valence-electron chi connectivity index (χ4n) is 4.94. The van der Waals surface area contributed by atoms with Crippen molar-refractivity contribution in [3.8, 4) is 0 Å². The first kappa shape index (κ1) is 25.2. The molecular formula is C30H28FN3O4. The number of rotatable bonds is 6. The Morgan fingerprint density at radius 3 is 2.21 bits per heavy atom. The van der Waals surface area contributed by atoms with Crippen LogP contribution < -0.4 is 10.5 Å². The Morgan fingerprint density at radius 1 is 0.868 bits per heavy atom. The summed E-state index contributed by atoms with van der Waals surface area (Å²) in [4.78, 5) is 43.7. The van der Waals surface area contributed by atoms with Crippen molar-refractivity contribution in [2.24, 2.45) is 0 Å². The lowest BCUT2D eigenvalue weighted by Gasteiger charge is -2.37. The molecule has 2 heterocycles. The lowest BCUT2D eigenvalue weighted by atomic mass is 10.0. The Kier molecular flexibility index (Phi) is 7.22. The van der Waals surface area contributed by atoms with Gasteiger partial charge < -0.3 is 19.1 Å². The number of carbonyl (C=O) groups is 2. The van der Waals surface area contributed by atoms with Gasteiger partial charge >= 0.3 is 5.97 Å². The molecule has 0 spiro atoms. The Bertz CT molecular complexity index is 1530. The van der Waals surface area contributed by atoms with Crippen LogP contribution in [0.25, 0.3) is 10.9 Å². The summed E-state index contributed by atoms with van der Waals surface area (Å²) in [5.74, 6) is -1.24. The number of carbonyl (C=O) groups excluding carboxylic acids is 2. The highest BCUT2D eigenvalue weighted by Crippen LogP contribution is 2.31. The van der Waals surface area contributed by atoms with E-state index >= 15 is 0 Å². The average molecular weight is 514 g/mol. The normalized spacial score (nSPS) is 13.5. The molecule has 4 aromatic rings. The maximum absolute atomic E-state index is 13.9. The predicted octanol–water partition coefficient (Wildman–Crippen LogP) is 4.33. The van der Waals surface area contributed by atoms with E-state index in [4.69, 9.17) is 4.74 Å². The highest BCUT2D eigenvalue weighted by atomic mass is 19.1. The van der Waals surface area contributed by atoms with Gasteiger partial charge in [0.25, 0.3) is 11.5 Å². The minimum absolute atomic E-state index is 0.000192. The molecule has 0 radical (unpaired) electrons. The number of piperazine rings is 1. The molecule has 1 aliphatic heterocycles. The highest BCUT2D eigenvalue weighted by molar-refractivity contribution is 6.05. The molecule has 3 aromatic carbocycles. The van der Waals surface area contributed by atoms with Gasteiger partial charge in [-0.15, -0.1) is 0 Å². The third kappa shape index (κ3) is 4.89. The van der Waals surface area contributed by atoms with Crippen LogP contribution in [0.3, 0.4) is 0 Å². The molecule has 1 aromatic heterocycles. The monoisotopic (exact) mass is 513 g/mol. The second-order valence-corrected chi connectivity index (χ2v) is 9.12. The number of aromatic nitrogens is 1. The highest BCUT2D eigenvalue weighted by Gasteiger charge is 2.30. The number of para-hydroxylation sites is 1. The minimum Gasteiger partial charge on any atom is -0.462 e. The van der Waals surface area contributed by atoms with Gasteiger partial charge in [-0.25, -0.2) is 9.18 Å². The van der Waals surface area contributed by atoms with Gasteiger partial charge in [-0.3, -0.25) is 9.59 Å². The van der Waals surface area contributed by atoms with Crippen LogP contribution in [0, 0.1) is 5.82 Å². The van der Waals surface area contributed by atoms with E-state index in [1.807, 2.05) is 59.5 Å². The van der Waals surface area contributed by atoms with Crippen molar-refractivity contribution < 1.29 is 18.7 Å². The molecule has 8 heteroatoms. The summed E-state index contributed by atoms with van der Waals surface area (Å²) < 4.78 is 20.3. The number of hydrogen-bond donors (Lipinski definition) is 0. The molecule has 1 fully saturated rings. The fraction of sp³-hybridized carbons (Fsp3) is 0.233. The number of benzene rings is 3.